The van der Waals surface area contributed by atoms with Crippen molar-refractivity contribution in [1.82, 2.24) is 9.80 Å². The van der Waals surface area contributed by atoms with Crippen LogP contribution in [0.15, 0.2) is 0 Å². The number of piperidine rings is 1. The summed E-state index contributed by atoms with van der Waals surface area (Å²) in [5, 5.41) is 8.67. The van der Waals surface area contributed by atoms with Gasteiger partial charge in [0.2, 0.25) is 5.91 Å². The van der Waals surface area contributed by atoms with Crippen molar-refractivity contribution >= 4 is 11.9 Å². The number of nitrogens with two attached hydrogens (primary N) is 1. The topological polar surface area (TPSA) is 86.9 Å². The van der Waals surface area contributed by atoms with E-state index >= 15 is 0 Å². The number of likely N-dealkylation sites (tertiary alicyclic amines) is 1. The lowest BCUT2D eigenvalue weighted by Crippen LogP contribution is -2.48. The second-order valence-electron chi connectivity index (χ2n) is 5.46. The third-order valence-electron chi connectivity index (χ3n) is 4.05. The molecule has 1 unspecified atom stereocenters. The minimum absolute atomic E-state index is 0.228. The molecule has 0 aliphatic carbocycles. The SMILES string of the molecule is CCN(CC)CC1CCN(C(=O)C(N)CC(=O)O)CC1. The summed E-state index contributed by atoms with van der Waals surface area (Å²) in [7, 11) is 0. The molecule has 6 heteroatoms. The van der Waals surface area contributed by atoms with Crippen molar-refractivity contribution < 1.29 is 14.7 Å². The van der Waals surface area contributed by atoms with Gasteiger partial charge in [-0.05, 0) is 31.8 Å². The lowest BCUT2D eigenvalue weighted by Gasteiger charge is -2.35. The molecule has 0 bridgehead atoms. The molecule has 0 aromatic rings. The van der Waals surface area contributed by atoms with Crippen LogP contribution < -0.4 is 5.73 Å². The van der Waals surface area contributed by atoms with Gasteiger partial charge >= 0.3 is 5.97 Å². The molecule has 0 radical (unpaired) electrons. The van der Waals surface area contributed by atoms with E-state index in [4.69, 9.17) is 10.8 Å². The highest BCUT2D eigenvalue weighted by atomic mass is 16.4. The smallest absolute Gasteiger partial charge is 0.305 e. The number of amides is 1. The van der Waals surface area contributed by atoms with Crippen LogP contribution in [0.2, 0.25) is 0 Å². The van der Waals surface area contributed by atoms with Crippen LogP contribution in [-0.4, -0.2) is 65.5 Å². The first kappa shape index (κ1) is 16.9. The number of hydrogen-bond acceptors (Lipinski definition) is 4. The van der Waals surface area contributed by atoms with E-state index in [9.17, 15) is 9.59 Å². The average Bonchev–Trinajstić information content (AvgIpc) is 2.43. The number of carbonyl (C=O) groups is 2. The van der Waals surface area contributed by atoms with Crippen LogP contribution in [0.25, 0.3) is 0 Å². The van der Waals surface area contributed by atoms with Crippen molar-refractivity contribution in [1.29, 1.82) is 0 Å². The summed E-state index contributed by atoms with van der Waals surface area (Å²) < 4.78 is 0. The Labute approximate surface area is 120 Å². The molecule has 1 aliphatic heterocycles. The lowest BCUT2D eigenvalue weighted by atomic mass is 9.95. The molecule has 6 nitrogen and oxygen atoms in total. The van der Waals surface area contributed by atoms with E-state index in [2.05, 4.69) is 18.7 Å². The van der Waals surface area contributed by atoms with E-state index in [0.717, 1.165) is 32.5 Å². The second-order valence-corrected chi connectivity index (χ2v) is 5.46. The Balaban J connectivity index is 2.38. The molecule has 0 spiro atoms. The first-order valence-electron chi connectivity index (χ1n) is 7.46. The van der Waals surface area contributed by atoms with Crippen molar-refractivity contribution in [2.75, 3.05) is 32.7 Å². The highest BCUT2D eigenvalue weighted by Gasteiger charge is 2.27. The van der Waals surface area contributed by atoms with Crippen molar-refractivity contribution in [3.05, 3.63) is 0 Å². The van der Waals surface area contributed by atoms with E-state index < -0.39 is 12.0 Å². The largest absolute Gasteiger partial charge is 0.481 e. The molecule has 0 saturated carbocycles. The van der Waals surface area contributed by atoms with Crippen LogP contribution in [0.4, 0.5) is 0 Å². The Bertz CT molecular complexity index is 324. The number of carbonyl (C=O) groups excluding carboxylic acids is 1. The minimum atomic E-state index is -1.03. The van der Waals surface area contributed by atoms with Gasteiger partial charge in [-0.15, -0.1) is 0 Å². The quantitative estimate of drug-likeness (QED) is 0.705. The molecule has 1 rings (SSSR count). The molecular formula is C14H27N3O3. The first-order valence-corrected chi connectivity index (χ1v) is 7.46. The summed E-state index contributed by atoms with van der Waals surface area (Å²) in [5.41, 5.74) is 5.63. The van der Waals surface area contributed by atoms with Crippen molar-refractivity contribution in [3.63, 3.8) is 0 Å². The number of hydrogen-bond donors (Lipinski definition) is 2. The highest BCUT2D eigenvalue weighted by Crippen LogP contribution is 2.19. The Morgan fingerprint density at radius 2 is 1.85 bits per heavy atom. The van der Waals surface area contributed by atoms with Gasteiger partial charge in [-0.1, -0.05) is 13.8 Å². The fourth-order valence-corrected chi connectivity index (χ4v) is 2.69. The van der Waals surface area contributed by atoms with Gasteiger partial charge < -0.3 is 20.6 Å². The maximum absolute atomic E-state index is 12.0. The summed E-state index contributed by atoms with van der Waals surface area (Å²) in [6, 6.07) is -0.910. The predicted molar refractivity (Wildman–Crippen MR) is 77.3 cm³/mol. The van der Waals surface area contributed by atoms with E-state index in [0.29, 0.717) is 19.0 Å². The number of carboxylic acid groups (broad SMARTS) is 1. The van der Waals surface area contributed by atoms with Gasteiger partial charge in [0.1, 0.15) is 0 Å². The zero-order valence-electron chi connectivity index (χ0n) is 12.5. The molecule has 1 saturated heterocycles. The van der Waals surface area contributed by atoms with Crippen LogP contribution in [0.5, 0.6) is 0 Å². The van der Waals surface area contributed by atoms with Crippen molar-refractivity contribution in [2.24, 2.45) is 11.7 Å². The monoisotopic (exact) mass is 285 g/mol. The lowest BCUT2D eigenvalue weighted by molar-refractivity contribution is -0.142. The fraction of sp³-hybridized carbons (Fsp3) is 0.857. The molecule has 1 aliphatic rings. The number of nitrogens with zero attached hydrogens (tertiary/aromatic N) is 2. The molecule has 1 fully saturated rings. The van der Waals surface area contributed by atoms with Gasteiger partial charge in [-0.25, -0.2) is 0 Å². The highest BCUT2D eigenvalue weighted by molar-refractivity contribution is 5.86. The molecule has 116 valence electrons. The number of carboxylic acids is 1. The third-order valence-corrected chi connectivity index (χ3v) is 4.05. The Kier molecular flexibility index (Phi) is 6.95. The zero-order valence-corrected chi connectivity index (χ0v) is 12.5. The van der Waals surface area contributed by atoms with Crippen molar-refractivity contribution in [2.45, 2.75) is 39.2 Å². The molecule has 20 heavy (non-hydrogen) atoms. The summed E-state index contributed by atoms with van der Waals surface area (Å²) in [6.07, 6.45) is 1.66. The summed E-state index contributed by atoms with van der Waals surface area (Å²) in [6.45, 7) is 8.89. The second kappa shape index (κ2) is 8.21. The van der Waals surface area contributed by atoms with Gasteiger partial charge in [0.25, 0.3) is 0 Å². The van der Waals surface area contributed by atoms with Gasteiger partial charge in [-0.2, -0.15) is 0 Å². The fourth-order valence-electron chi connectivity index (χ4n) is 2.69. The first-order chi connectivity index (χ1) is 9.47. The molecule has 1 atom stereocenters. The Morgan fingerprint density at radius 3 is 2.30 bits per heavy atom. The van der Waals surface area contributed by atoms with E-state index in [1.165, 1.54) is 0 Å². The summed E-state index contributed by atoms with van der Waals surface area (Å²) >= 11 is 0. The molecule has 0 aromatic carbocycles. The van der Waals surface area contributed by atoms with Gasteiger partial charge in [0, 0.05) is 19.6 Å². The predicted octanol–water partition coefficient (Wildman–Crippen LogP) is 0.369. The van der Waals surface area contributed by atoms with Crippen molar-refractivity contribution in [3.8, 4) is 0 Å². The Hall–Kier alpha value is -1.14. The van der Waals surface area contributed by atoms with Crippen LogP contribution in [-0.2, 0) is 9.59 Å². The van der Waals surface area contributed by atoms with Crippen LogP contribution in [0.1, 0.15) is 33.1 Å². The molecular weight excluding hydrogens is 258 g/mol. The van der Waals surface area contributed by atoms with Gasteiger partial charge in [0.05, 0.1) is 12.5 Å². The maximum Gasteiger partial charge on any atom is 0.305 e. The van der Waals surface area contributed by atoms with Crippen LogP contribution >= 0.6 is 0 Å². The average molecular weight is 285 g/mol. The van der Waals surface area contributed by atoms with Gasteiger partial charge in [-0.3, -0.25) is 9.59 Å². The molecule has 1 amide bonds. The summed E-state index contributed by atoms with van der Waals surface area (Å²) in [4.78, 5) is 26.7. The van der Waals surface area contributed by atoms with E-state index in [1.807, 2.05) is 0 Å². The number of aliphatic carboxylic acids is 1. The standard InChI is InChI=1S/C14H27N3O3/c1-3-16(4-2)10-11-5-7-17(8-6-11)14(20)12(15)9-13(18)19/h11-12H,3-10,15H2,1-2H3,(H,18,19). The Morgan fingerprint density at radius 1 is 1.30 bits per heavy atom. The molecule has 1 heterocycles. The zero-order chi connectivity index (χ0) is 15.1. The minimum Gasteiger partial charge on any atom is -0.481 e. The molecule has 3 N–H and O–H groups in total. The van der Waals surface area contributed by atoms with Crippen LogP contribution in [0, 0.1) is 5.92 Å². The number of rotatable bonds is 7. The van der Waals surface area contributed by atoms with Gasteiger partial charge in [0.15, 0.2) is 0 Å². The van der Waals surface area contributed by atoms with Crippen LogP contribution in [0.3, 0.4) is 0 Å². The molecule has 0 aromatic heterocycles. The normalized spacial score (nSPS) is 18.3. The maximum atomic E-state index is 12.0. The third kappa shape index (κ3) is 5.09. The summed E-state index contributed by atoms with van der Waals surface area (Å²) in [5.74, 6) is -0.634. The van der Waals surface area contributed by atoms with E-state index in [1.54, 1.807) is 4.90 Å². The van der Waals surface area contributed by atoms with E-state index in [-0.39, 0.29) is 12.3 Å².